The van der Waals surface area contributed by atoms with E-state index in [9.17, 15) is 17.6 Å². The predicted octanol–water partition coefficient (Wildman–Crippen LogP) is 3.11. The van der Waals surface area contributed by atoms with Gasteiger partial charge in [0.15, 0.2) is 0 Å². The minimum absolute atomic E-state index is 0.0801. The fourth-order valence-electron chi connectivity index (χ4n) is 2.43. The van der Waals surface area contributed by atoms with Crippen molar-refractivity contribution in [1.29, 1.82) is 0 Å². The summed E-state index contributed by atoms with van der Waals surface area (Å²) in [7, 11) is -3.82. The lowest BCUT2D eigenvalue weighted by Crippen LogP contribution is -2.44. The smallest absolute Gasteiger partial charge is 0.241 e. The van der Waals surface area contributed by atoms with Crippen molar-refractivity contribution in [2.75, 3.05) is 0 Å². The highest BCUT2D eigenvalue weighted by Gasteiger charge is 2.22. The summed E-state index contributed by atoms with van der Waals surface area (Å²) in [6.45, 7) is 7.79. The number of carbonyl (C=O) groups is 1. The summed E-state index contributed by atoms with van der Waals surface area (Å²) >= 11 is 0. The second-order valence-electron chi connectivity index (χ2n) is 7.46. The van der Waals surface area contributed by atoms with Crippen molar-refractivity contribution in [2.24, 2.45) is 0 Å². The second kappa shape index (κ2) is 8.19. The number of hydrogen-bond acceptors (Lipinski definition) is 3. The molecule has 0 aliphatic rings. The number of hydrogen-bond donors (Lipinski definition) is 2. The SMILES string of the molecule is C[C@H](NS(=O)(=O)c1ccc(C(C)(C)C)cc1)C(=O)NCc1ccc(F)cc1. The summed E-state index contributed by atoms with van der Waals surface area (Å²) in [6, 6.07) is 11.4. The van der Waals surface area contributed by atoms with Crippen molar-refractivity contribution in [3.63, 3.8) is 0 Å². The first-order valence-corrected chi connectivity index (χ1v) is 10.1. The van der Waals surface area contributed by atoms with E-state index in [1.165, 1.54) is 31.2 Å². The number of nitrogens with one attached hydrogen (secondary N) is 2. The van der Waals surface area contributed by atoms with Crippen LogP contribution in [0.15, 0.2) is 53.4 Å². The molecular weight excluding hydrogens is 367 g/mol. The van der Waals surface area contributed by atoms with Gasteiger partial charge in [0.05, 0.1) is 10.9 Å². The monoisotopic (exact) mass is 392 g/mol. The van der Waals surface area contributed by atoms with Crippen LogP contribution in [0.3, 0.4) is 0 Å². The first-order valence-electron chi connectivity index (χ1n) is 8.64. The maximum atomic E-state index is 12.9. The molecule has 0 bridgehead atoms. The van der Waals surface area contributed by atoms with Gasteiger partial charge in [0.2, 0.25) is 15.9 Å². The maximum Gasteiger partial charge on any atom is 0.241 e. The molecular formula is C20H25FN2O3S. The Morgan fingerprint density at radius 2 is 1.59 bits per heavy atom. The summed E-state index contributed by atoms with van der Waals surface area (Å²) in [5.41, 5.74) is 1.66. The Hall–Kier alpha value is -2.25. The third-order valence-corrected chi connectivity index (χ3v) is 5.69. The van der Waals surface area contributed by atoms with Crippen LogP contribution in [-0.4, -0.2) is 20.4 Å². The van der Waals surface area contributed by atoms with Gasteiger partial charge in [-0.15, -0.1) is 0 Å². The van der Waals surface area contributed by atoms with Crippen molar-refractivity contribution < 1.29 is 17.6 Å². The van der Waals surface area contributed by atoms with Crippen molar-refractivity contribution in [2.45, 2.75) is 50.6 Å². The van der Waals surface area contributed by atoms with E-state index >= 15 is 0 Å². The van der Waals surface area contributed by atoms with E-state index in [0.29, 0.717) is 0 Å². The van der Waals surface area contributed by atoms with Gasteiger partial charge in [0.1, 0.15) is 5.82 Å². The normalized spacial score (nSPS) is 13.2. The Balaban J connectivity index is 1.99. The van der Waals surface area contributed by atoms with Crippen molar-refractivity contribution >= 4 is 15.9 Å². The Kier molecular flexibility index (Phi) is 6.38. The zero-order chi connectivity index (χ0) is 20.2. The second-order valence-corrected chi connectivity index (χ2v) is 9.18. The van der Waals surface area contributed by atoms with Crippen LogP contribution in [0.4, 0.5) is 4.39 Å². The average Bonchev–Trinajstić information content (AvgIpc) is 2.60. The van der Waals surface area contributed by atoms with Gasteiger partial charge < -0.3 is 5.32 Å². The van der Waals surface area contributed by atoms with Crippen molar-refractivity contribution in [3.05, 3.63) is 65.5 Å². The molecule has 2 aromatic carbocycles. The largest absolute Gasteiger partial charge is 0.351 e. The zero-order valence-corrected chi connectivity index (χ0v) is 16.7. The standard InChI is InChI=1S/C20H25FN2O3S/c1-14(19(24)22-13-15-5-9-17(21)10-6-15)23-27(25,26)18-11-7-16(8-12-18)20(2,3)4/h5-12,14,23H,13H2,1-4H3,(H,22,24)/t14-/m0/s1. The Labute approximate surface area is 160 Å². The molecule has 2 aromatic rings. The molecule has 0 aromatic heterocycles. The third kappa shape index (κ3) is 5.87. The van der Waals surface area contributed by atoms with E-state index in [0.717, 1.165) is 11.1 Å². The predicted molar refractivity (Wildman–Crippen MR) is 103 cm³/mol. The van der Waals surface area contributed by atoms with E-state index in [4.69, 9.17) is 0 Å². The molecule has 7 heteroatoms. The van der Waals surface area contributed by atoms with Crippen LogP contribution in [-0.2, 0) is 26.8 Å². The van der Waals surface area contributed by atoms with E-state index in [1.807, 2.05) is 20.8 Å². The van der Waals surface area contributed by atoms with Crippen LogP contribution in [0.5, 0.6) is 0 Å². The quantitative estimate of drug-likeness (QED) is 0.793. The molecule has 0 radical (unpaired) electrons. The molecule has 0 aliphatic carbocycles. The summed E-state index contributed by atoms with van der Waals surface area (Å²) in [4.78, 5) is 12.3. The molecule has 2 N–H and O–H groups in total. The maximum absolute atomic E-state index is 12.9. The zero-order valence-electron chi connectivity index (χ0n) is 15.9. The number of benzene rings is 2. The lowest BCUT2D eigenvalue weighted by atomic mass is 9.87. The molecule has 1 atom stereocenters. The van der Waals surface area contributed by atoms with Gasteiger partial charge in [-0.1, -0.05) is 45.0 Å². The Morgan fingerprint density at radius 3 is 2.11 bits per heavy atom. The molecule has 0 aliphatic heterocycles. The summed E-state index contributed by atoms with van der Waals surface area (Å²) in [5, 5.41) is 2.63. The lowest BCUT2D eigenvalue weighted by molar-refractivity contribution is -0.122. The van der Waals surface area contributed by atoms with Crippen LogP contribution < -0.4 is 10.0 Å². The number of carbonyl (C=O) groups excluding carboxylic acids is 1. The summed E-state index contributed by atoms with van der Waals surface area (Å²) in [5.74, 6) is -0.821. The molecule has 0 saturated carbocycles. The van der Waals surface area contributed by atoms with Crippen molar-refractivity contribution in [1.82, 2.24) is 10.0 Å². The molecule has 0 unspecified atom stereocenters. The van der Waals surface area contributed by atoms with E-state index in [-0.39, 0.29) is 22.7 Å². The minimum Gasteiger partial charge on any atom is -0.351 e. The molecule has 27 heavy (non-hydrogen) atoms. The summed E-state index contributed by atoms with van der Waals surface area (Å²) in [6.07, 6.45) is 0. The number of rotatable bonds is 6. The highest BCUT2D eigenvalue weighted by Crippen LogP contribution is 2.23. The Bertz CT molecular complexity index is 886. The molecule has 2 rings (SSSR count). The number of sulfonamides is 1. The Morgan fingerprint density at radius 1 is 1.04 bits per heavy atom. The topological polar surface area (TPSA) is 75.3 Å². The van der Waals surface area contributed by atoms with Gasteiger partial charge in [-0.05, 0) is 47.7 Å². The highest BCUT2D eigenvalue weighted by atomic mass is 32.2. The first-order chi connectivity index (χ1) is 12.5. The van der Waals surface area contributed by atoms with Gasteiger partial charge in [0, 0.05) is 6.54 Å². The summed E-state index contributed by atoms with van der Waals surface area (Å²) < 4.78 is 40.2. The van der Waals surface area contributed by atoms with Gasteiger partial charge in [0.25, 0.3) is 0 Å². The van der Waals surface area contributed by atoms with Crippen LogP contribution in [0.1, 0.15) is 38.8 Å². The number of halogens is 1. The van der Waals surface area contributed by atoms with Crippen LogP contribution in [0.2, 0.25) is 0 Å². The van der Waals surface area contributed by atoms with Crippen LogP contribution in [0, 0.1) is 5.82 Å². The molecule has 0 saturated heterocycles. The van der Waals surface area contributed by atoms with Crippen molar-refractivity contribution in [3.8, 4) is 0 Å². The third-order valence-electron chi connectivity index (χ3n) is 4.14. The number of amides is 1. The fourth-order valence-corrected chi connectivity index (χ4v) is 3.64. The molecule has 0 fully saturated rings. The van der Waals surface area contributed by atoms with E-state index < -0.39 is 22.0 Å². The highest BCUT2D eigenvalue weighted by molar-refractivity contribution is 7.89. The fraction of sp³-hybridized carbons (Fsp3) is 0.350. The molecule has 146 valence electrons. The van der Waals surface area contributed by atoms with Gasteiger partial charge in [-0.25, -0.2) is 12.8 Å². The van der Waals surface area contributed by atoms with Crippen LogP contribution >= 0.6 is 0 Å². The average molecular weight is 392 g/mol. The van der Waals surface area contributed by atoms with Gasteiger partial charge in [-0.3, -0.25) is 4.79 Å². The van der Waals surface area contributed by atoms with Gasteiger partial charge >= 0.3 is 0 Å². The molecule has 5 nitrogen and oxygen atoms in total. The molecule has 0 spiro atoms. The lowest BCUT2D eigenvalue weighted by Gasteiger charge is -2.19. The van der Waals surface area contributed by atoms with Crippen LogP contribution in [0.25, 0.3) is 0 Å². The minimum atomic E-state index is -3.82. The van der Waals surface area contributed by atoms with E-state index in [1.54, 1.807) is 24.3 Å². The molecule has 0 heterocycles. The van der Waals surface area contributed by atoms with E-state index in [2.05, 4.69) is 10.0 Å². The van der Waals surface area contributed by atoms with Gasteiger partial charge in [-0.2, -0.15) is 4.72 Å². The first kappa shape index (κ1) is 21.1. The molecule has 1 amide bonds.